The number of aryl methyl sites for hydroxylation is 1. The first-order valence-electron chi connectivity index (χ1n) is 9.09. The molecular weight excluding hydrogens is 294 g/mol. The Morgan fingerprint density at radius 1 is 1.00 bits per heavy atom. The topological polar surface area (TPSA) is 36.0 Å². The lowest BCUT2D eigenvalue weighted by molar-refractivity contribution is 0.0444. The van der Waals surface area contributed by atoms with E-state index in [1.165, 1.54) is 41.3 Å². The number of aromatic nitrogens is 1. The van der Waals surface area contributed by atoms with Crippen molar-refractivity contribution >= 4 is 10.9 Å². The quantitative estimate of drug-likeness (QED) is 0.646. The van der Waals surface area contributed by atoms with E-state index in [9.17, 15) is 5.11 Å². The van der Waals surface area contributed by atoms with Gasteiger partial charge in [-0.25, -0.2) is 0 Å². The number of benzene rings is 2. The normalized spacial score (nSPS) is 15.8. The second-order valence-electron chi connectivity index (χ2n) is 7.22. The van der Waals surface area contributed by atoms with Crippen molar-refractivity contribution in [3.63, 3.8) is 0 Å². The molecule has 2 N–H and O–H groups in total. The van der Waals surface area contributed by atoms with Gasteiger partial charge in [0.15, 0.2) is 0 Å². The van der Waals surface area contributed by atoms with Crippen LogP contribution < -0.4 is 0 Å². The molecule has 1 aromatic heterocycles. The molecule has 4 rings (SSSR count). The first kappa shape index (κ1) is 15.5. The number of hydrogen-bond donors (Lipinski definition) is 2. The Kier molecular flexibility index (Phi) is 3.93. The number of aromatic amines is 1. The summed E-state index contributed by atoms with van der Waals surface area (Å²) in [4.78, 5) is 3.46. The van der Waals surface area contributed by atoms with Gasteiger partial charge in [-0.05, 0) is 47.7 Å². The van der Waals surface area contributed by atoms with Crippen LogP contribution in [0.25, 0.3) is 10.9 Å². The van der Waals surface area contributed by atoms with Crippen molar-refractivity contribution in [2.45, 2.75) is 51.0 Å². The molecule has 2 heteroatoms. The highest BCUT2D eigenvalue weighted by Gasteiger charge is 2.37. The summed E-state index contributed by atoms with van der Waals surface area (Å²) < 4.78 is 0. The Morgan fingerprint density at radius 3 is 2.46 bits per heavy atom. The highest BCUT2D eigenvalue weighted by atomic mass is 16.3. The van der Waals surface area contributed by atoms with Crippen LogP contribution in [0, 0.1) is 0 Å². The average Bonchev–Trinajstić information content (AvgIpc) is 3.15. The standard InChI is InChI=1S/C22H25NO/c1-2-3-4-7-16-10-11-20-19(12-16)13-21(23-20)22(24)14-17-8-5-6-9-18(17)15-22/h5-6,8-13,23-24H,2-4,7,14-15H2,1H3. The van der Waals surface area contributed by atoms with Gasteiger partial charge in [-0.3, -0.25) is 0 Å². The van der Waals surface area contributed by atoms with Gasteiger partial charge >= 0.3 is 0 Å². The summed E-state index contributed by atoms with van der Waals surface area (Å²) in [6.07, 6.45) is 6.32. The van der Waals surface area contributed by atoms with E-state index in [0.717, 1.165) is 17.6 Å². The van der Waals surface area contributed by atoms with Crippen molar-refractivity contribution in [2.75, 3.05) is 0 Å². The van der Waals surface area contributed by atoms with E-state index in [-0.39, 0.29) is 0 Å². The van der Waals surface area contributed by atoms with Crippen molar-refractivity contribution < 1.29 is 5.11 Å². The van der Waals surface area contributed by atoms with Gasteiger partial charge < -0.3 is 10.1 Å². The van der Waals surface area contributed by atoms with Crippen molar-refractivity contribution in [1.29, 1.82) is 0 Å². The Hall–Kier alpha value is -2.06. The predicted molar refractivity (Wildman–Crippen MR) is 99.3 cm³/mol. The third-order valence-electron chi connectivity index (χ3n) is 5.34. The molecule has 3 aromatic rings. The maximum absolute atomic E-state index is 11.2. The smallest absolute Gasteiger partial charge is 0.112 e. The molecule has 2 aromatic carbocycles. The van der Waals surface area contributed by atoms with Crippen LogP contribution in [0.3, 0.4) is 0 Å². The molecule has 0 bridgehead atoms. The van der Waals surface area contributed by atoms with Crippen molar-refractivity contribution in [2.24, 2.45) is 0 Å². The molecule has 0 spiro atoms. The molecule has 24 heavy (non-hydrogen) atoms. The Bertz CT molecular complexity index is 836. The van der Waals surface area contributed by atoms with E-state index in [2.05, 4.69) is 60.4 Å². The van der Waals surface area contributed by atoms with E-state index >= 15 is 0 Å². The van der Waals surface area contributed by atoms with Crippen LogP contribution in [0.4, 0.5) is 0 Å². The van der Waals surface area contributed by atoms with E-state index in [0.29, 0.717) is 12.8 Å². The summed E-state index contributed by atoms with van der Waals surface area (Å²) in [5.74, 6) is 0. The minimum absolute atomic E-state index is 0.694. The number of unbranched alkanes of at least 4 members (excludes halogenated alkanes) is 2. The zero-order chi connectivity index (χ0) is 16.6. The number of hydrogen-bond acceptors (Lipinski definition) is 1. The van der Waals surface area contributed by atoms with Gasteiger partial charge in [0.1, 0.15) is 5.60 Å². The van der Waals surface area contributed by atoms with E-state index < -0.39 is 5.60 Å². The lowest BCUT2D eigenvalue weighted by Gasteiger charge is -2.20. The minimum Gasteiger partial charge on any atom is -0.383 e. The second-order valence-corrected chi connectivity index (χ2v) is 7.22. The van der Waals surface area contributed by atoms with E-state index in [4.69, 9.17) is 0 Å². The van der Waals surface area contributed by atoms with Crippen molar-refractivity contribution in [3.8, 4) is 0 Å². The number of aliphatic hydroxyl groups is 1. The van der Waals surface area contributed by atoms with Crippen LogP contribution in [-0.2, 0) is 24.9 Å². The fraction of sp³-hybridized carbons (Fsp3) is 0.364. The number of rotatable bonds is 5. The first-order chi connectivity index (χ1) is 11.7. The molecule has 0 amide bonds. The fourth-order valence-electron chi connectivity index (χ4n) is 3.95. The molecule has 2 nitrogen and oxygen atoms in total. The van der Waals surface area contributed by atoms with Gasteiger partial charge in [0.05, 0.1) is 0 Å². The van der Waals surface area contributed by atoms with Gasteiger partial charge in [-0.1, -0.05) is 50.1 Å². The van der Waals surface area contributed by atoms with Gasteiger partial charge in [0.2, 0.25) is 0 Å². The van der Waals surface area contributed by atoms with Gasteiger partial charge in [-0.15, -0.1) is 0 Å². The zero-order valence-corrected chi connectivity index (χ0v) is 14.3. The maximum atomic E-state index is 11.2. The molecule has 124 valence electrons. The molecule has 0 aliphatic heterocycles. The molecule has 0 unspecified atom stereocenters. The SMILES string of the molecule is CCCCCc1ccc2[nH]c(C3(O)Cc4ccccc4C3)cc2c1. The van der Waals surface area contributed by atoms with Crippen LogP contribution in [0.1, 0.15) is 48.6 Å². The minimum atomic E-state index is -0.801. The third-order valence-corrected chi connectivity index (χ3v) is 5.34. The largest absolute Gasteiger partial charge is 0.383 e. The molecule has 0 radical (unpaired) electrons. The molecule has 0 saturated carbocycles. The lowest BCUT2D eigenvalue weighted by Crippen LogP contribution is -2.26. The highest BCUT2D eigenvalue weighted by molar-refractivity contribution is 5.81. The number of H-pyrrole nitrogens is 1. The van der Waals surface area contributed by atoms with Crippen LogP contribution in [0.15, 0.2) is 48.5 Å². The fourth-order valence-corrected chi connectivity index (χ4v) is 3.95. The summed E-state index contributed by atoms with van der Waals surface area (Å²) >= 11 is 0. The second kappa shape index (κ2) is 6.10. The number of nitrogens with one attached hydrogen (secondary N) is 1. The van der Waals surface area contributed by atoms with Gasteiger partial charge in [-0.2, -0.15) is 0 Å². The maximum Gasteiger partial charge on any atom is 0.112 e. The highest BCUT2D eigenvalue weighted by Crippen LogP contribution is 2.38. The first-order valence-corrected chi connectivity index (χ1v) is 9.09. The van der Waals surface area contributed by atoms with Crippen LogP contribution >= 0.6 is 0 Å². The summed E-state index contributed by atoms with van der Waals surface area (Å²) in [7, 11) is 0. The zero-order valence-electron chi connectivity index (χ0n) is 14.3. The summed E-state index contributed by atoms with van der Waals surface area (Å²) in [6, 6.07) is 17.2. The Balaban J connectivity index is 1.61. The predicted octanol–water partition coefficient (Wildman–Crippen LogP) is 4.89. The molecule has 1 aliphatic rings. The van der Waals surface area contributed by atoms with Gasteiger partial charge in [0.25, 0.3) is 0 Å². The Morgan fingerprint density at radius 2 is 1.75 bits per heavy atom. The molecule has 0 saturated heterocycles. The van der Waals surface area contributed by atoms with Crippen LogP contribution in [0.5, 0.6) is 0 Å². The molecule has 1 aliphatic carbocycles. The molecule has 0 fully saturated rings. The van der Waals surface area contributed by atoms with Gasteiger partial charge in [0, 0.05) is 29.4 Å². The average molecular weight is 319 g/mol. The molecular formula is C22H25NO. The van der Waals surface area contributed by atoms with Crippen molar-refractivity contribution in [1.82, 2.24) is 4.98 Å². The summed E-state index contributed by atoms with van der Waals surface area (Å²) in [6.45, 7) is 2.24. The third kappa shape index (κ3) is 2.76. The Labute approximate surface area is 143 Å². The lowest BCUT2D eigenvalue weighted by atomic mass is 9.96. The summed E-state index contributed by atoms with van der Waals surface area (Å²) in [5, 5.41) is 12.4. The van der Waals surface area contributed by atoms with E-state index in [1.54, 1.807) is 0 Å². The van der Waals surface area contributed by atoms with Crippen molar-refractivity contribution in [3.05, 3.63) is 70.9 Å². The van der Waals surface area contributed by atoms with Crippen LogP contribution in [0.2, 0.25) is 0 Å². The monoisotopic (exact) mass is 319 g/mol. The van der Waals surface area contributed by atoms with E-state index in [1.807, 2.05) is 0 Å². The van der Waals surface area contributed by atoms with Crippen LogP contribution in [-0.4, -0.2) is 10.1 Å². The molecule has 1 heterocycles. The summed E-state index contributed by atoms with van der Waals surface area (Å²) in [5.41, 5.74) is 5.18. The molecule has 0 atom stereocenters. The number of fused-ring (bicyclic) bond motifs is 2.